The van der Waals surface area contributed by atoms with Crippen LogP contribution in [0.1, 0.15) is 18.4 Å². The predicted molar refractivity (Wildman–Crippen MR) is 84.8 cm³/mol. The molecular weight excluding hydrogens is 278 g/mol. The van der Waals surface area contributed by atoms with Crippen LogP contribution in [0.15, 0.2) is 36.7 Å². The number of hydrogen-bond donors (Lipinski definition) is 1. The van der Waals surface area contributed by atoms with Crippen molar-refractivity contribution in [2.45, 2.75) is 19.8 Å². The molecule has 1 fully saturated rings. The van der Waals surface area contributed by atoms with Crippen molar-refractivity contribution in [1.29, 1.82) is 0 Å². The molecule has 114 valence electrons. The molecule has 2 aromatic rings. The second-order valence-electron chi connectivity index (χ2n) is 5.73. The number of carboxylic acids is 1. The van der Waals surface area contributed by atoms with Crippen molar-refractivity contribution in [2.24, 2.45) is 5.92 Å². The van der Waals surface area contributed by atoms with Gasteiger partial charge in [-0.15, -0.1) is 0 Å². The minimum absolute atomic E-state index is 0.227. The molecule has 1 aromatic heterocycles. The zero-order valence-electron chi connectivity index (χ0n) is 12.6. The highest BCUT2D eigenvalue weighted by Crippen LogP contribution is 2.25. The molecule has 1 aromatic carbocycles. The van der Waals surface area contributed by atoms with E-state index in [-0.39, 0.29) is 5.92 Å². The number of benzene rings is 1. The van der Waals surface area contributed by atoms with Crippen LogP contribution in [0.3, 0.4) is 0 Å². The summed E-state index contributed by atoms with van der Waals surface area (Å²) in [4.78, 5) is 21.9. The van der Waals surface area contributed by atoms with E-state index in [0.717, 1.165) is 30.2 Å². The van der Waals surface area contributed by atoms with E-state index in [1.165, 1.54) is 5.56 Å². The van der Waals surface area contributed by atoms with Gasteiger partial charge in [0.05, 0.1) is 11.6 Å². The molecule has 0 radical (unpaired) electrons. The van der Waals surface area contributed by atoms with Crippen molar-refractivity contribution in [3.8, 4) is 11.3 Å². The van der Waals surface area contributed by atoms with Crippen LogP contribution in [-0.4, -0.2) is 34.1 Å². The van der Waals surface area contributed by atoms with Gasteiger partial charge < -0.3 is 10.0 Å². The lowest BCUT2D eigenvalue weighted by Gasteiger charge is -2.31. The minimum Gasteiger partial charge on any atom is -0.481 e. The smallest absolute Gasteiger partial charge is 0.306 e. The number of carbonyl (C=O) groups is 1. The van der Waals surface area contributed by atoms with Gasteiger partial charge in [-0.05, 0) is 25.8 Å². The van der Waals surface area contributed by atoms with Crippen LogP contribution in [-0.2, 0) is 4.79 Å². The fourth-order valence-electron chi connectivity index (χ4n) is 2.84. The van der Waals surface area contributed by atoms with E-state index in [0.29, 0.717) is 12.8 Å². The summed E-state index contributed by atoms with van der Waals surface area (Å²) in [5.41, 5.74) is 3.16. The largest absolute Gasteiger partial charge is 0.481 e. The number of anilines is 1. The molecule has 1 aliphatic heterocycles. The summed E-state index contributed by atoms with van der Waals surface area (Å²) in [7, 11) is 0. The number of aryl methyl sites for hydroxylation is 1. The first-order valence-corrected chi connectivity index (χ1v) is 7.50. The first-order chi connectivity index (χ1) is 10.6. The van der Waals surface area contributed by atoms with Gasteiger partial charge in [0.1, 0.15) is 12.1 Å². The highest BCUT2D eigenvalue weighted by atomic mass is 16.4. The zero-order chi connectivity index (χ0) is 15.5. The molecule has 1 aliphatic rings. The molecule has 1 saturated heterocycles. The molecule has 0 bridgehead atoms. The Bertz CT molecular complexity index is 679. The number of nitrogens with zero attached hydrogens (tertiary/aromatic N) is 3. The van der Waals surface area contributed by atoms with Crippen LogP contribution in [0.4, 0.5) is 5.82 Å². The Morgan fingerprint density at radius 3 is 2.68 bits per heavy atom. The molecule has 22 heavy (non-hydrogen) atoms. The standard InChI is InChI=1S/C17H19N3O2/c1-12-3-2-4-14(9-12)15-10-16(19-11-18-15)20-7-5-13(6-8-20)17(21)22/h2-4,9-11,13H,5-8H2,1H3,(H,21,22). The lowest BCUT2D eigenvalue weighted by Crippen LogP contribution is -2.36. The molecule has 1 N–H and O–H groups in total. The highest BCUT2D eigenvalue weighted by molar-refractivity contribution is 5.70. The van der Waals surface area contributed by atoms with E-state index in [1.807, 2.05) is 18.2 Å². The second-order valence-corrected chi connectivity index (χ2v) is 5.73. The van der Waals surface area contributed by atoms with Crippen LogP contribution in [0.25, 0.3) is 11.3 Å². The van der Waals surface area contributed by atoms with Gasteiger partial charge in [-0.3, -0.25) is 4.79 Å². The topological polar surface area (TPSA) is 66.3 Å². The Balaban J connectivity index is 1.79. The van der Waals surface area contributed by atoms with Crippen LogP contribution in [0.2, 0.25) is 0 Å². The summed E-state index contributed by atoms with van der Waals surface area (Å²) >= 11 is 0. The molecule has 5 nitrogen and oxygen atoms in total. The van der Waals surface area contributed by atoms with Crippen molar-refractivity contribution >= 4 is 11.8 Å². The van der Waals surface area contributed by atoms with Gasteiger partial charge in [0.2, 0.25) is 0 Å². The number of aliphatic carboxylic acids is 1. The first kappa shape index (κ1) is 14.5. The van der Waals surface area contributed by atoms with E-state index in [9.17, 15) is 4.79 Å². The Morgan fingerprint density at radius 1 is 1.23 bits per heavy atom. The van der Waals surface area contributed by atoms with Crippen LogP contribution < -0.4 is 4.90 Å². The van der Waals surface area contributed by atoms with Gasteiger partial charge in [0.15, 0.2) is 0 Å². The third-order valence-electron chi connectivity index (χ3n) is 4.13. The molecule has 0 atom stereocenters. The summed E-state index contributed by atoms with van der Waals surface area (Å²) < 4.78 is 0. The molecule has 0 spiro atoms. The molecule has 0 aliphatic carbocycles. The number of hydrogen-bond acceptors (Lipinski definition) is 4. The highest BCUT2D eigenvalue weighted by Gasteiger charge is 2.25. The summed E-state index contributed by atoms with van der Waals surface area (Å²) in [5.74, 6) is -0.0486. The lowest BCUT2D eigenvalue weighted by molar-refractivity contribution is -0.142. The minimum atomic E-state index is -0.692. The van der Waals surface area contributed by atoms with E-state index in [2.05, 4.69) is 33.9 Å². The van der Waals surface area contributed by atoms with Crippen LogP contribution >= 0.6 is 0 Å². The summed E-state index contributed by atoms with van der Waals surface area (Å²) in [6.07, 6.45) is 2.91. The number of aromatic nitrogens is 2. The van der Waals surface area contributed by atoms with Gasteiger partial charge in [-0.2, -0.15) is 0 Å². The average Bonchev–Trinajstić information content (AvgIpc) is 2.55. The van der Waals surface area contributed by atoms with Crippen molar-refractivity contribution < 1.29 is 9.90 Å². The van der Waals surface area contributed by atoms with Gasteiger partial charge in [-0.1, -0.05) is 23.8 Å². The van der Waals surface area contributed by atoms with Gasteiger partial charge in [0, 0.05) is 24.7 Å². The van der Waals surface area contributed by atoms with Gasteiger partial charge in [-0.25, -0.2) is 9.97 Å². The number of piperidine rings is 1. The normalized spacial score (nSPS) is 15.8. The summed E-state index contributed by atoms with van der Waals surface area (Å²) in [5, 5.41) is 9.07. The zero-order valence-corrected chi connectivity index (χ0v) is 12.6. The quantitative estimate of drug-likeness (QED) is 0.943. The number of carboxylic acid groups (broad SMARTS) is 1. The van der Waals surface area contributed by atoms with Crippen LogP contribution in [0.5, 0.6) is 0 Å². The maximum Gasteiger partial charge on any atom is 0.306 e. The molecule has 5 heteroatoms. The Hall–Kier alpha value is -2.43. The fraction of sp³-hybridized carbons (Fsp3) is 0.353. The first-order valence-electron chi connectivity index (χ1n) is 7.50. The van der Waals surface area contributed by atoms with Gasteiger partial charge >= 0.3 is 5.97 Å². The SMILES string of the molecule is Cc1cccc(-c2cc(N3CCC(C(=O)O)CC3)ncn2)c1. The molecule has 0 saturated carbocycles. The monoisotopic (exact) mass is 297 g/mol. The predicted octanol–water partition coefficient (Wildman–Crippen LogP) is 2.75. The van der Waals surface area contributed by atoms with Crippen molar-refractivity contribution in [3.63, 3.8) is 0 Å². The van der Waals surface area contributed by atoms with E-state index in [1.54, 1.807) is 6.33 Å². The number of rotatable bonds is 3. The fourth-order valence-corrected chi connectivity index (χ4v) is 2.84. The average molecular weight is 297 g/mol. The van der Waals surface area contributed by atoms with Crippen molar-refractivity contribution in [2.75, 3.05) is 18.0 Å². The Kier molecular flexibility index (Phi) is 4.04. The molecular formula is C17H19N3O2. The third-order valence-corrected chi connectivity index (χ3v) is 4.13. The molecule has 2 heterocycles. The van der Waals surface area contributed by atoms with Gasteiger partial charge in [0.25, 0.3) is 0 Å². The lowest BCUT2D eigenvalue weighted by atomic mass is 9.97. The van der Waals surface area contributed by atoms with Crippen molar-refractivity contribution in [3.05, 3.63) is 42.2 Å². The second kappa shape index (κ2) is 6.13. The molecule has 3 rings (SSSR count). The third kappa shape index (κ3) is 3.08. The van der Waals surface area contributed by atoms with E-state index in [4.69, 9.17) is 5.11 Å². The van der Waals surface area contributed by atoms with E-state index < -0.39 is 5.97 Å². The molecule has 0 amide bonds. The maximum absolute atomic E-state index is 11.0. The van der Waals surface area contributed by atoms with Crippen LogP contribution in [0, 0.1) is 12.8 Å². The summed E-state index contributed by atoms with van der Waals surface area (Å²) in [6, 6.07) is 10.2. The Morgan fingerprint density at radius 2 is 2.00 bits per heavy atom. The summed E-state index contributed by atoms with van der Waals surface area (Å²) in [6.45, 7) is 3.50. The Labute approximate surface area is 129 Å². The van der Waals surface area contributed by atoms with E-state index >= 15 is 0 Å². The van der Waals surface area contributed by atoms with Crippen molar-refractivity contribution in [1.82, 2.24) is 9.97 Å². The molecule has 0 unspecified atom stereocenters. The maximum atomic E-state index is 11.0.